The van der Waals surface area contributed by atoms with Gasteiger partial charge in [0.2, 0.25) is 0 Å². The first-order chi connectivity index (χ1) is 15.8. The molecule has 0 spiro atoms. The molecule has 0 bridgehead atoms. The van der Waals surface area contributed by atoms with Gasteiger partial charge in [0.1, 0.15) is 11.5 Å². The number of rotatable bonds is 0. The first-order valence-electron chi connectivity index (χ1n) is 9.89. The van der Waals surface area contributed by atoms with E-state index in [0.717, 1.165) is 24.3 Å². The monoisotopic (exact) mass is 572 g/mol. The van der Waals surface area contributed by atoms with Crippen molar-refractivity contribution in [2.24, 2.45) is 0 Å². The Hall–Kier alpha value is -2.80. The van der Waals surface area contributed by atoms with Gasteiger partial charge in [0.15, 0.2) is 0 Å². The molecule has 0 saturated heterocycles. The summed E-state index contributed by atoms with van der Waals surface area (Å²) in [5.74, 6) is -1.47. The zero-order valence-electron chi connectivity index (χ0n) is 18.9. The topological polar surface area (TPSA) is 40.5 Å². The quantitative estimate of drug-likeness (QED) is 0.164. The number of hydrogen-bond acceptors (Lipinski definition) is 2. The van der Waals surface area contributed by atoms with Crippen molar-refractivity contribution in [2.75, 3.05) is 0 Å². The predicted molar refractivity (Wildman–Crippen MR) is 120 cm³/mol. The Balaban J connectivity index is 0.000000452. The van der Waals surface area contributed by atoms with Crippen molar-refractivity contribution in [3.63, 3.8) is 0 Å². The van der Waals surface area contributed by atoms with Crippen molar-refractivity contribution >= 4 is 0 Å². The predicted octanol–water partition coefficient (Wildman–Crippen LogP) is 8.25. The first kappa shape index (κ1) is 32.2. The molecule has 0 radical (unpaired) electrons. The van der Waals surface area contributed by atoms with E-state index in [0.29, 0.717) is 0 Å². The molecule has 0 amide bonds. The molecule has 4 aromatic rings. The molecular weight excluding hydrogens is 549 g/mol. The zero-order valence-corrected chi connectivity index (χ0v) is 21.4. The van der Waals surface area contributed by atoms with E-state index in [1.54, 1.807) is 0 Å². The minimum Gasteiger partial charge on any atom is -0.507 e. The number of benzene rings is 2. The average molecular weight is 574 g/mol. The molecule has 186 valence electrons. The number of halogens is 6. The Morgan fingerprint density at radius 3 is 0.914 bits per heavy atom. The average Bonchev–Trinajstić information content (AvgIpc) is 3.42. The molecule has 0 aliphatic rings. The molecule has 0 aromatic heterocycles. The molecule has 0 saturated carbocycles. The normalized spacial score (nSPS) is 10.3. The van der Waals surface area contributed by atoms with Gasteiger partial charge in [-0.3, -0.25) is 0 Å². The Bertz CT molecular complexity index is 982. The van der Waals surface area contributed by atoms with Crippen LogP contribution in [0.15, 0.2) is 97.1 Å². The van der Waals surface area contributed by atoms with Crippen LogP contribution in [0.5, 0.6) is 11.5 Å². The third-order valence-electron chi connectivity index (χ3n) is 4.08. The molecule has 0 unspecified atom stereocenters. The summed E-state index contributed by atoms with van der Waals surface area (Å²) in [6, 6.07) is 25.3. The molecule has 9 heteroatoms. The van der Waals surface area contributed by atoms with Crippen LogP contribution >= 0.6 is 0 Å². The summed E-state index contributed by atoms with van der Waals surface area (Å²) in [5.41, 5.74) is 0.685. The van der Waals surface area contributed by atoms with Crippen LogP contribution < -0.4 is 0 Å². The summed E-state index contributed by atoms with van der Waals surface area (Å²) in [6.45, 7) is 4.17. The minimum atomic E-state index is -4.47. The van der Waals surface area contributed by atoms with Crippen LogP contribution in [0.25, 0.3) is 0 Å². The van der Waals surface area contributed by atoms with E-state index in [9.17, 15) is 26.3 Å². The number of para-hydroxylation sites is 2. The second-order valence-electron chi connectivity index (χ2n) is 6.95. The maximum Gasteiger partial charge on any atom is 2.00 e. The van der Waals surface area contributed by atoms with Crippen LogP contribution in [-0.4, -0.2) is 10.2 Å². The van der Waals surface area contributed by atoms with Gasteiger partial charge in [-0.15, -0.1) is 0 Å². The molecule has 0 aliphatic heterocycles. The summed E-state index contributed by atoms with van der Waals surface area (Å²) in [4.78, 5) is 0. The summed E-state index contributed by atoms with van der Waals surface area (Å²) >= 11 is 0. The minimum absolute atomic E-state index is 0. The van der Waals surface area contributed by atoms with Gasteiger partial charge in [0.05, 0.1) is 11.1 Å². The Labute approximate surface area is 219 Å². The smallest absolute Gasteiger partial charge is 0.507 e. The molecule has 35 heavy (non-hydrogen) atoms. The van der Waals surface area contributed by atoms with E-state index in [2.05, 4.69) is 38.1 Å². The van der Waals surface area contributed by atoms with Crippen LogP contribution in [0.4, 0.5) is 26.3 Å². The van der Waals surface area contributed by atoms with Crippen molar-refractivity contribution < 1.29 is 62.8 Å². The van der Waals surface area contributed by atoms with E-state index in [-0.39, 0.29) is 26.2 Å². The molecule has 0 aliphatic carbocycles. The van der Waals surface area contributed by atoms with E-state index in [4.69, 9.17) is 10.2 Å². The van der Waals surface area contributed by atoms with Crippen LogP contribution in [0, 0.1) is 13.8 Å². The molecule has 2 N–H and O–H groups in total. The fourth-order valence-corrected chi connectivity index (χ4v) is 2.37. The Morgan fingerprint density at radius 2 is 0.771 bits per heavy atom. The van der Waals surface area contributed by atoms with Crippen LogP contribution in [0.2, 0.25) is 0 Å². The number of hydrogen-bond donors (Lipinski definition) is 2. The van der Waals surface area contributed by atoms with E-state index in [1.807, 2.05) is 24.3 Å². The number of aromatic hydroxyl groups is 2. The third-order valence-corrected chi connectivity index (χ3v) is 4.08. The summed E-state index contributed by atoms with van der Waals surface area (Å²) in [7, 11) is 0. The number of alkyl halides is 6. The number of phenolic OH excluding ortho intramolecular Hbond substituents is 2. The number of phenols is 2. The zero-order chi connectivity index (χ0) is 25.8. The third kappa shape index (κ3) is 13.0. The van der Waals surface area contributed by atoms with E-state index >= 15 is 0 Å². The number of aryl methyl sites for hydroxylation is 2. The second-order valence-corrected chi connectivity index (χ2v) is 6.95. The summed E-state index contributed by atoms with van der Waals surface area (Å²) in [5, 5.41) is 17.5. The van der Waals surface area contributed by atoms with Gasteiger partial charge in [-0.25, -0.2) is 24.3 Å². The molecule has 0 heterocycles. The summed E-state index contributed by atoms with van der Waals surface area (Å²) in [6.07, 6.45) is -8.93. The van der Waals surface area contributed by atoms with Crippen molar-refractivity contribution in [1.82, 2.24) is 0 Å². The van der Waals surface area contributed by atoms with Crippen LogP contribution in [0.3, 0.4) is 0 Å². The maximum atomic E-state index is 11.9. The standard InChI is InChI=1S/2C7H5F3O.2C6H7.Zr/c2*8-7(9,10)5-3-1-2-4-6(5)11;2*1-6-4-2-3-5-6;/h2*1-4,11H;2*2-5H,1H3;/q;;2*-1;+2. The van der Waals surface area contributed by atoms with Gasteiger partial charge in [-0.05, 0) is 24.3 Å². The summed E-state index contributed by atoms with van der Waals surface area (Å²) < 4.78 is 71.3. The fourth-order valence-electron chi connectivity index (χ4n) is 2.37. The molecular formula is C26H24F6O2Zr. The van der Waals surface area contributed by atoms with Gasteiger partial charge < -0.3 is 10.2 Å². The largest absolute Gasteiger partial charge is 2.00 e. The first-order valence-corrected chi connectivity index (χ1v) is 9.89. The van der Waals surface area contributed by atoms with Crippen molar-refractivity contribution in [3.8, 4) is 11.5 Å². The molecule has 0 atom stereocenters. The Kier molecular flexibility index (Phi) is 14.0. The van der Waals surface area contributed by atoms with Gasteiger partial charge >= 0.3 is 38.6 Å². The van der Waals surface area contributed by atoms with Crippen molar-refractivity contribution in [2.45, 2.75) is 26.2 Å². The SMILES string of the molecule is C[c-]1cccc1.C[c-]1cccc1.Oc1ccccc1C(F)(F)F.Oc1ccccc1C(F)(F)F.[Zr+2]. The molecule has 4 aromatic carbocycles. The molecule has 2 nitrogen and oxygen atoms in total. The van der Waals surface area contributed by atoms with E-state index < -0.39 is 35.0 Å². The van der Waals surface area contributed by atoms with Gasteiger partial charge in [-0.1, -0.05) is 38.1 Å². The van der Waals surface area contributed by atoms with Gasteiger partial charge in [0.25, 0.3) is 0 Å². The Morgan fingerprint density at radius 1 is 0.514 bits per heavy atom. The van der Waals surface area contributed by atoms with Crippen molar-refractivity contribution in [1.29, 1.82) is 0 Å². The van der Waals surface area contributed by atoms with E-state index in [1.165, 1.54) is 35.4 Å². The van der Waals surface area contributed by atoms with Gasteiger partial charge in [0, 0.05) is 0 Å². The molecule has 4 rings (SSSR count). The van der Waals surface area contributed by atoms with Crippen LogP contribution in [-0.2, 0) is 38.6 Å². The van der Waals surface area contributed by atoms with Crippen LogP contribution in [0.1, 0.15) is 22.3 Å². The second kappa shape index (κ2) is 15.3. The molecule has 0 fully saturated rings. The maximum absolute atomic E-state index is 11.9. The van der Waals surface area contributed by atoms with Gasteiger partial charge in [-0.2, -0.15) is 61.7 Å². The van der Waals surface area contributed by atoms with Crippen molar-refractivity contribution in [3.05, 3.63) is 119 Å². The fraction of sp³-hybridized carbons (Fsp3) is 0.154.